The molecular formula is C24H36N4O3. The van der Waals surface area contributed by atoms with Crippen molar-refractivity contribution in [3.63, 3.8) is 0 Å². The van der Waals surface area contributed by atoms with Crippen LogP contribution in [-0.4, -0.2) is 36.5 Å². The first-order valence-corrected chi connectivity index (χ1v) is 10.6. The average Bonchev–Trinajstić information content (AvgIpc) is 3.12. The van der Waals surface area contributed by atoms with E-state index in [9.17, 15) is 9.59 Å². The third kappa shape index (κ3) is 8.00. The second kappa shape index (κ2) is 10.4. The van der Waals surface area contributed by atoms with Gasteiger partial charge in [-0.2, -0.15) is 0 Å². The summed E-state index contributed by atoms with van der Waals surface area (Å²) < 4.78 is 5.48. The summed E-state index contributed by atoms with van der Waals surface area (Å²) in [5, 5.41) is 6.00. The van der Waals surface area contributed by atoms with E-state index in [-0.39, 0.29) is 23.4 Å². The first-order chi connectivity index (χ1) is 14.4. The molecule has 0 spiro atoms. The molecule has 0 aliphatic carbocycles. The van der Waals surface area contributed by atoms with E-state index in [0.29, 0.717) is 25.3 Å². The lowest BCUT2D eigenvalue weighted by molar-refractivity contribution is -0.116. The molecule has 3 amide bonds. The number of benzene rings is 1. The number of rotatable bonds is 8. The zero-order valence-corrected chi connectivity index (χ0v) is 19.8. The number of hydrogen-bond acceptors (Lipinski definition) is 4. The number of anilines is 2. The molecule has 170 valence electrons. The molecule has 0 atom stereocenters. The van der Waals surface area contributed by atoms with E-state index in [1.54, 1.807) is 11.2 Å². The number of urea groups is 1. The van der Waals surface area contributed by atoms with Crippen molar-refractivity contribution in [3.05, 3.63) is 47.9 Å². The highest BCUT2D eigenvalue weighted by atomic mass is 16.3. The Morgan fingerprint density at radius 2 is 1.81 bits per heavy atom. The Labute approximate surface area is 185 Å². The summed E-state index contributed by atoms with van der Waals surface area (Å²) in [6.07, 6.45) is 2.06. The minimum atomic E-state index is -0.366. The molecule has 0 bridgehead atoms. The van der Waals surface area contributed by atoms with E-state index in [2.05, 4.69) is 10.6 Å². The molecule has 2 rings (SSSR count). The predicted molar refractivity (Wildman–Crippen MR) is 125 cm³/mol. The van der Waals surface area contributed by atoms with E-state index in [1.807, 2.05) is 83.9 Å². The Morgan fingerprint density at radius 3 is 2.35 bits per heavy atom. The van der Waals surface area contributed by atoms with Gasteiger partial charge in [-0.25, -0.2) is 4.79 Å². The van der Waals surface area contributed by atoms with Crippen molar-refractivity contribution >= 4 is 23.3 Å². The lowest BCUT2D eigenvalue weighted by Crippen LogP contribution is -2.48. The van der Waals surface area contributed by atoms with Crippen LogP contribution in [0.3, 0.4) is 0 Å². The second-order valence-corrected chi connectivity index (χ2v) is 9.50. The van der Waals surface area contributed by atoms with Gasteiger partial charge in [-0.3, -0.25) is 4.79 Å². The topological polar surface area (TPSA) is 77.8 Å². The van der Waals surface area contributed by atoms with E-state index >= 15 is 0 Å². The third-order valence-electron chi connectivity index (χ3n) is 4.50. The molecule has 1 heterocycles. The van der Waals surface area contributed by atoms with Crippen LogP contribution < -0.4 is 15.5 Å². The predicted octanol–water partition coefficient (Wildman–Crippen LogP) is 4.84. The molecule has 7 heteroatoms. The largest absolute Gasteiger partial charge is 0.467 e. The Bertz CT molecular complexity index is 867. The highest BCUT2D eigenvalue weighted by Gasteiger charge is 2.22. The van der Waals surface area contributed by atoms with Crippen molar-refractivity contribution in [2.75, 3.05) is 24.3 Å². The Morgan fingerprint density at radius 1 is 1.10 bits per heavy atom. The van der Waals surface area contributed by atoms with Crippen LogP contribution in [0.4, 0.5) is 16.2 Å². The SMILES string of the molecule is CC(C)CC(=O)Nc1ccc(N(C)C)c(CN(Cc2ccco2)C(=O)NC(C)(C)C)c1. The molecule has 0 saturated heterocycles. The maximum atomic E-state index is 13.0. The van der Waals surface area contributed by atoms with Crippen LogP contribution >= 0.6 is 0 Å². The van der Waals surface area contributed by atoms with Gasteiger partial charge in [-0.1, -0.05) is 13.8 Å². The van der Waals surface area contributed by atoms with Gasteiger partial charge in [-0.15, -0.1) is 0 Å². The molecule has 31 heavy (non-hydrogen) atoms. The van der Waals surface area contributed by atoms with Crippen LogP contribution in [-0.2, 0) is 17.9 Å². The van der Waals surface area contributed by atoms with Gasteiger partial charge in [0, 0.05) is 37.4 Å². The van der Waals surface area contributed by atoms with Gasteiger partial charge < -0.3 is 24.9 Å². The normalized spacial score (nSPS) is 11.4. The van der Waals surface area contributed by atoms with E-state index < -0.39 is 0 Å². The maximum absolute atomic E-state index is 13.0. The molecule has 2 N–H and O–H groups in total. The van der Waals surface area contributed by atoms with Gasteiger partial charge in [0.05, 0.1) is 19.4 Å². The standard InChI is InChI=1S/C24H36N4O3/c1-17(2)13-22(29)25-19-10-11-21(27(6)7)18(14-19)15-28(16-20-9-8-12-31-20)23(30)26-24(3,4)5/h8-12,14,17H,13,15-16H2,1-7H3,(H,25,29)(H,26,30). The van der Waals surface area contributed by atoms with Crippen LogP contribution in [0.2, 0.25) is 0 Å². The van der Waals surface area contributed by atoms with Crippen LogP contribution in [0.15, 0.2) is 41.0 Å². The summed E-state index contributed by atoms with van der Waals surface area (Å²) in [6.45, 7) is 10.6. The number of furan rings is 1. The van der Waals surface area contributed by atoms with E-state index in [1.165, 1.54) is 0 Å². The lowest BCUT2D eigenvalue weighted by atomic mass is 10.1. The van der Waals surface area contributed by atoms with Gasteiger partial charge in [0.2, 0.25) is 5.91 Å². The molecule has 2 aromatic rings. The first-order valence-electron chi connectivity index (χ1n) is 10.6. The quantitative estimate of drug-likeness (QED) is 0.631. The van der Waals surface area contributed by atoms with Gasteiger partial charge >= 0.3 is 6.03 Å². The van der Waals surface area contributed by atoms with Crippen molar-refractivity contribution in [1.29, 1.82) is 0 Å². The molecule has 0 unspecified atom stereocenters. The maximum Gasteiger partial charge on any atom is 0.318 e. The van der Waals surface area contributed by atoms with Crippen LogP contribution in [0.1, 0.15) is 52.4 Å². The summed E-state index contributed by atoms with van der Waals surface area (Å²) in [4.78, 5) is 29.0. The molecule has 7 nitrogen and oxygen atoms in total. The monoisotopic (exact) mass is 428 g/mol. The Hall–Kier alpha value is -2.96. The fraction of sp³-hybridized carbons (Fsp3) is 0.500. The first kappa shape index (κ1) is 24.3. The minimum absolute atomic E-state index is 0.0172. The summed E-state index contributed by atoms with van der Waals surface area (Å²) in [7, 11) is 3.92. The number of nitrogens with zero attached hydrogens (tertiary/aromatic N) is 2. The Kier molecular flexibility index (Phi) is 8.14. The molecule has 0 aliphatic heterocycles. The third-order valence-corrected chi connectivity index (χ3v) is 4.50. The summed E-state index contributed by atoms with van der Waals surface area (Å²) in [6, 6.07) is 9.28. The van der Waals surface area contributed by atoms with Crippen molar-refractivity contribution in [2.45, 2.75) is 59.7 Å². The van der Waals surface area contributed by atoms with Crippen molar-refractivity contribution in [1.82, 2.24) is 10.2 Å². The van der Waals surface area contributed by atoms with E-state index in [4.69, 9.17) is 4.42 Å². The van der Waals surface area contributed by atoms with Gasteiger partial charge in [0.1, 0.15) is 5.76 Å². The molecule has 0 radical (unpaired) electrons. The van der Waals surface area contributed by atoms with Crippen molar-refractivity contribution in [3.8, 4) is 0 Å². The van der Waals surface area contributed by atoms with Crippen LogP contribution in [0, 0.1) is 5.92 Å². The second-order valence-electron chi connectivity index (χ2n) is 9.50. The fourth-order valence-corrected chi connectivity index (χ4v) is 3.20. The van der Waals surface area contributed by atoms with Crippen molar-refractivity contribution in [2.24, 2.45) is 5.92 Å². The van der Waals surface area contributed by atoms with Crippen LogP contribution in [0.25, 0.3) is 0 Å². The highest BCUT2D eigenvalue weighted by Crippen LogP contribution is 2.26. The molecule has 1 aromatic carbocycles. The van der Waals surface area contributed by atoms with E-state index in [0.717, 1.165) is 16.9 Å². The lowest BCUT2D eigenvalue weighted by Gasteiger charge is -2.29. The fourth-order valence-electron chi connectivity index (χ4n) is 3.20. The van der Waals surface area contributed by atoms with Crippen molar-refractivity contribution < 1.29 is 14.0 Å². The molecule has 0 saturated carbocycles. The van der Waals surface area contributed by atoms with Gasteiger partial charge in [0.15, 0.2) is 0 Å². The molecule has 1 aromatic heterocycles. The van der Waals surface area contributed by atoms with Crippen LogP contribution in [0.5, 0.6) is 0 Å². The number of carbonyl (C=O) groups excluding carboxylic acids is 2. The molecular weight excluding hydrogens is 392 g/mol. The zero-order valence-electron chi connectivity index (χ0n) is 19.8. The minimum Gasteiger partial charge on any atom is -0.467 e. The average molecular weight is 429 g/mol. The molecule has 0 fully saturated rings. The number of nitrogens with one attached hydrogen (secondary N) is 2. The van der Waals surface area contributed by atoms with Gasteiger partial charge in [-0.05, 0) is 62.6 Å². The zero-order chi connectivity index (χ0) is 23.2. The summed E-state index contributed by atoms with van der Waals surface area (Å²) in [5.41, 5.74) is 2.27. The number of amides is 3. The number of hydrogen-bond donors (Lipinski definition) is 2. The Balaban J connectivity index is 2.32. The smallest absolute Gasteiger partial charge is 0.318 e. The number of carbonyl (C=O) groups is 2. The van der Waals surface area contributed by atoms with Gasteiger partial charge in [0.25, 0.3) is 0 Å². The highest BCUT2D eigenvalue weighted by molar-refractivity contribution is 5.91. The summed E-state index contributed by atoms with van der Waals surface area (Å²) in [5.74, 6) is 0.971. The summed E-state index contributed by atoms with van der Waals surface area (Å²) >= 11 is 0. The molecule has 0 aliphatic rings.